The maximum Gasteiger partial charge on any atom is 0.325 e. The highest BCUT2D eigenvalue weighted by atomic mass is 32.1. The van der Waals surface area contributed by atoms with Crippen molar-refractivity contribution >= 4 is 33.4 Å². The van der Waals surface area contributed by atoms with Crippen LogP contribution in [0.2, 0.25) is 0 Å². The zero-order chi connectivity index (χ0) is 17.1. The number of benzene rings is 1. The van der Waals surface area contributed by atoms with Crippen molar-refractivity contribution < 1.29 is 14.3 Å². The number of hydrogen-bond donors (Lipinski definition) is 1. The maximum absolute atomic E-state index is 12.2. The van der Waals surface area contributed by atoms with E-state index in [-0.39, 0.29) is 19.1 Å². The topological polar surface area (TPSA) is 73.2 Å². The highest BCUT2D eigenvalue weighted by molar-refractivity contribution is 7.20. The number of nitrogens with zero attached hydrogens (tertiary/aromatic N) is 2. The zero-order valence-corrected chi connectivity index (χ0v) is 14.2. The summed E-state index contributed by atoms with van der Waals surface area (Å²) < 4.78 is 6.88. The van der Waals surface area contributed by atoms with Crippen LogP contribution in [0.1, 0.15) is 20.9 Å². The lowest BCUT2D eigenvalue weighted by Crippen LogP contribution is -2.30. The molecule has 3 aromatic rings. The molecule has 0 saturated carbocycles. The van der Waals surface area contributed by atoms with Crippen LogP contribution in [-0.4, -0.2) is 28.2 Å². The molecule has 6 nitrogen and oxygen atoms in total. The molecule has 0 bridgehead atoms. The van der Waals surface area contributed by atoms with Crippen LogP contribution in [0, 0.1) is 6.92 Å². The van der Waals surface area contributed by atoms with Crippen molar-refractivity contribution in [2.75, 3.05) is 6.54 Å². The molecule has 1 aromatic carbocycles. The van der Waals surface area contributed by atoms with E-state index in [2.05, 4.69) is 10.4 Å². The Bertz CT molecular complexity index is 849. The Hall–Kier alpha value is -2.67. The van der Waals surface area contributed by atoms with Gasteiger partial charge in [-0.3, -0.25) is 14.3 Å². The third-order valence-electron chi connectivity index (χ3n) is 3.56. The number of nitrogens with one attached hydrogen (secondary N) is 1. The Morgan fingerprint density at radius 3 is 2.75 bits per heavy atom. The number of ether oxygens (including phenoxy) is 1. The van der Waals surface area contributed by atoms with E-state index in [0.717, 1.165) is 21.5 Å². The summed E-state index contributed by atoms with van der Waals surface area (Å²) in [7, 11) is 1.84. The predicted molar refractivity (Wildman–Crippen MR) is 91.9 cm³/mol. The Balaban J connectivity index is 1.54. The lowest BCUT2D eigenvalue weighted by Gasteiger charge is -2.05. The fourth-order valence-electron chi connectivity index (χ4n) is 2.35. The highest BCUT2D eigenvalue weighted by Crippen LogP contribution is 2.27. The Labute approximate surface area is 143 Å². The zero-order valence-electron chi connectivity index (χ0n) is 13.4. The van der Waals surface area contributed by atoms with Gasteiger partial charge in [0, 0.05) is 12.4 Å². The Morgan fingerprint density at radius 1 is 1.29 bits per heavy atom. The van der Waals surface area contributed by atoms with Crippen molar-refractivity contribution in [2.24, 2.45) is 7.05 Å². The number of esters is 1. The SMILES string of the molecule is Cc1nn(C)c2sc(C(=O)NCC(=O)OCc3ccccc3)cc12. The molecule has 1 N–H and O–H groups in total. The molecule has 0 spiro atoms. The monoisotopic (exact) mass is 343 g/mol. The molecule has 3 rings (SSSR count). The first-order valence-corrected chi connectivity index (χ1v) is 8.27. The summed E-state index contributed by atoms with van der Waals surface area (Å²) in [5.41, 5.74) is 1.79. The van der Waals surface area contributed by atoms with Gasteiger partial charge in [-0.2, -0.15) is 5.10 Å². The molecule has 7 heteroatoms. The van der Waals surface area contributed by atoms with Crippen LogP contribution in [0.15, 0.2) is 36.4 Å². The van der Waals surface area contributed by atoms with Crippen LogP contribution in [0.4, 0.5) is 0 Å². The number of amides is 1. The highest BCUT2D eigenvalue weighted by Gasteiger charge is 2.16. The van der Waals surface area contributed by atoms with Gasteiger partial charge in [-0.25, -0.2) is 0 Å². The second-order valence-corrected chi connectivity index (χ2v) is 6.40. The number of carbonyl (C=O) groups excluding carboxylic acids is 2. The standard InChI is InChI=1S/C17H17N3O3S/c1-11-13-8-14(24-17(13)20(2)19-11)16(22)18-9-15(21)23-10-12-6-4-3-5-7-12/h3-8H,9-10H2,1-2H3,(H,18,22). The van der Waals surface area contributed by atoms with E-state index >= 15 is 0 Å². The van der Waals surface area contributed by atoms with E-state index in [0.29, 0.717) is 4.88 Å². The number of hydrogen-bond acceptors (Lipinski definition) is 5. The number of thiophene rings is 1. The van der Waals surface area contributed by atoms with Crippen LogP contribution in [-0.2, 0) is 23.2 Å². The molecule has 2 heterocycles. The minimum atomic E-state index is -0.467. The average Bonchev–Trinajstić information content (AvgIpc) is 3.14. The van der Waals surface area contributed by atoms with Crippen LogP contribution in [0.25, 0.3) is 10.2 Å². The molecule has 0 aliphatic heterocycles. The van der Waals surface area contributed by atoms with Crippen molar-refractivity contribution in [3.63, 3.8) is 0 Å². The average molecular weight is 343 g/mol. The third kappa shape index (κ3) is 3.46. The second kappa shape index (κ2) is 6.84. The molecule has 1 amide bonds. The molecule has 0 radical (unpaired) electrons. The predicted octanol–water partition coefficient (Wildman–Crippen LogP) is 2.42. The van der Waals surface area contributed by atoms with Crippen molar-refractivity contribution in [1.82, 2.24) is 15.1 Å². The van der Waals surface area contributed by atoms with Gasteiger partial charge in [0.1, 0.15) is 18.0 Å². The Morgan fingerprint density at radius 2 is 2.04 bits per heavy atom. The Kier molecular flexibility index (Phi) is 4.61. The van der Waals surface area contributed by atoms with Crippen molar-refractivity contribution in [1.29, 1.82) is 0 Å². The summed E-state index contributed by atoms with van der Waals surface area (Å²) in [4.78, 5) is 25.4. The first-order valence-electron chi connectivity index (χ1n) is 7.45. The number of aryl methyl sites for hydroxylation is 2. The van der Waals surface area contributed by atoms with E-state index in [1.165, 1.54) is 11.3 Å². The van der Waals surface area contributed by atoms with Gasteiger partial charge in [-0.1, -0.05) is 30.3 Å². The molecule has 0 aliphatic rings. The summed E-state index contributed by atoms with van der Waals surface area (Å²) in [5, 5.41) is 7.85. The fourth-order valence-corrected chi connectivity index (χ4v) is 3.39. The number of fused-ring (bicyclic) bond motifs is 1. The molecule has 0 aliphatic carbocycles. The summed E-state index contributed by atoms with van der Waals surface area (Å²) in [6, 6.07) is 11.2. The van der Waals surface area contributed by atoms with E-state index in [1.54, 1.807) is 10.7 Å². The molecule has 124 valence electrons. The summed E-state index contributed by atoms with van der Waals surface area (Å²) >= 11 is 1.35. The fraction of sp³-hybridized carbons (Fsp3) is 0.235. The van der Waals surface area contributed by atoms with Gasteiger partial charge in [-0.15, -0.1) is 11.3 Å². The van der Waals surface area contributed by atoms with Crippen LogP contribution >= 0.6 is 11.3 Å². The van der Waals surface area contributed by atoms with Crippen LogP contribution in [0.5, 0.6) is 0 Å². The molecule has 0 unspecified atom stereocenters. The minimum Gasteiger partial charge on any atom is -0.460 e. The quantitative estimate of drug-likeness (QED) is 0.722. The molecular weight excluding hydrogens is 326 g/mol. The first-order chi connectivity index (χ1) is 11.5. The molecular formula is C17H17N3O3S. The van der Waals surface area contributed by atoms with Crippen LogP contribution in [0.3, 0.4) is 0 Å². The normalized spacial score (nSPS) is 10.8. The molecule has 24 heavy (non-hydrogen) atoms. The number of rotatable bonds is 5. The van der Waals surface area contributed by atoms with Crippen molar-refractivity contribution in [2.45, 2.75) is 13.5 Å². The van der Waals surface area contributed by atoms with E-state index < -0.39 is 5.97 Å². The first kappa shape index (κ1) is 16.2. The summed E-state index contributed by atoms with van der Waals surface area (Å²) in [5.74, 6) is -0.751. The van der Waals surface area contributed by atoms with Gasteiger partial charge < -0.3 is 10.1 Å². The van der Waals surface area contributed by atoms with Crippen molar-refractivity contribution in [3.8, 4) is 0 Å². The lowest BCUT2D eigenvalue weighted by atomic mass is 10.2. The second-order valence-electron chi connectivity index (χ2n) is 5.37. The maximum atomic E-state index is 12.2. The van der Waals surface area contributed by atoms with Gasteiger partial charge in [0.25, 0.3) is 5.91 Å². The molecule has 0 saturated heterocycles. The van der Waals surface area contributed by atoms with E-state index in [9.17, 15) is 9.59 Å². The number of aromatic nitrogens is 2. The molecule has 0 fully saturated rings. The summed E-state index contributed by atoms with van der Waals surface area (Å²) in [6.07, 6.45) is 0. The van der Waals surface area contributed by atoms with Gasteiger partial charge in [0.15, 0.2) is 0 Å². The van der Waals surface area contributed by atoms with Gasteiger partial charge in [0.2, 0.25) is 0 Å². The van der Waals surface area contributed by atoms with Gasteiger partial charge in [-0.05, 0) is 18.6 Å². The summed E-state index contributed by atoms with van der Waals surface area (Å²) in [6.45, 7) is 1.94. The minimum absolute atomic E-state index is 0.156. The largest absolute Gasteiger partial charge is 0.460 e. The smallest absolute Gasteiger partial charge is 0.325 e. The molecule has 2 aromatic heterocycles. The van der Waals surface area contributed by atoms with E-state index in [1.807, 2.05) is 44.3 Å². The van der Waals surface area contributed by atoms with Crippen molar-refractivity contribution in [3.05, 3.63) is 52.5 Å². The molecule has 0 atom stereocenters. The van der Waals surface area contributed by atoms with Gasteiger partial charge >= 0.3 is 5.97 Å². The number of carbonyl (C=O) groups is 2. The van der Waals surface area contributed by atoms with Gasteiger partial charge in [0.05, 0.1) is 10.6 Å². The van der Waals surface area contributed by atoms with E-state index in [4.69, 9.17) is 4.74 Å². The van der Waals surface area contributed by atoms with Crippen LogP contribution < -0.4 is 5.32 Å². The lowest BCUT2D eigenvalue weighted by molar-refractivity contribution is -0.143. The third-order valence-corrected chi connectivity index (χ3v) is 4.76.